The molecule has 0 amide bonds. The van der Waals surface area contributed by atoms with E-state index in [0.29, 0.717) is 5.88 Å². The number of pyridine rings is 2. The fraction of sp³-hybridized carbons (Fsp3) is 0.385. The highest BCUT2D eigenvalue weighted by Crippen LogP contribution is 2.24. The van der Waals surface area contributed by atoms with Crippen LogP contribution in [0.3, 0.4) is 0 Å². The molecule has 0 spiro atoms. The van der Waals surface area contributed by atoms with Crippen molar-refractivity contribution in [2.45, 2.75) is 26.2 Å². The molecule has 16 heavy (non-hydrogen) atoms. The number of aromatic nitrogens is 2. The minimum absolute atomic E-state index is 0.0892. The van der Waals surface area contributed by atoms with Crippen molar-refractivity contribution < 1.29 is 4.74 Å². The third-order valence-electron chi connectivity index (χ3n) is 2.59. The number of methoxy groups -OCH3 is 1. The summed E-state index contributed by atoms with van der Waals surface area (Å²) < 4.78 is 5.11. The van der Waals surface area contributed by atoms with Crippen LogP contribution in [0.15, 0.2) is 24.4 Å². The zero-order valence-corrected chi connectivity index (χ0v) is 10.1. The molecule has 2 aromatic heterocycles. The van der Waals surface area contributed by atoms with E-state index >= 15 is 0 Å². The summed E-state index contributed by atoms with van der Waals surface area (Å²) in [4.78, 5) is 8.79. The molecule has 0 saturated carbocycles. The van der Waals surface area contributed by atoms with Gasteiger partial charge in [0.2, 0.25) is 5.88 Å². The van der Waals surface area contributed by atoms with Crippen molar-refractivity contribution in [3.05, 3.63) is 30.0 Å². The monoisotopic (exact) mass is 216 g/mol. The molecule has 2 heterocycles. The van der Waals surface area contributed by atoms with Crippen molar-refractivity contribution in [3.8, 4) is 5.88 Å². The molecule has 0 aliphatic heterocycles. The highest BCUT2D eigenvalue weighted by atomic mass is 16.5. The van der Waals surface area contributed by atoms with Gasteiger partial charge < -0.3 is 4.74 Å². The van der Waals surface area contributed by atoms with Crippen molar-refractivity contribution >= 4 is 11.0 Å². The summed E-state index contributed by atoms with van der Waals surface area (Å²) in [5, 5.41) is 0. The zero-order valence-electron chi connectivity index (χ0n) is 10.1. The van der Waals surface area contributed by atoms with E-state index in [0.717, 1.165) is 11.0 Å². The fourth-order valence-corrected chi connectivity index (χ4v) is 1.51. The first-order valence-electron chi connectivity index (χ1n) is 5.32. The predicted molar refractivity (Wildman–Crippen MR) is 64.8 cm³/mol. The Balaban J connectivity index is 2.59. The van der Waals surface area contributed by atoms with Crippen molar-refractivity contribution in [1.29, 1.82) is 0 Å². The Labute approximate surface area is 95.5 Å². The van der Waals surface area contributed by atoms with E-state index in [1.165, 1.54) is 5.56 Å². The first-order valence-corrected chi connectivity index (χ1v) is 5.32. The van der Waals surface area contributed by atoms with Crippen LogP contribution < -0.4 is 4.74 Å². The number of rotatable bonds is 1. The van der Waals surface area contributed by atoms with Gasteiger partial charge in [0.1, 0.15) is 0 Å². The standard InChI is InChI=1S/C13H16N2O/c1-13(2,3)9-7-11-10(14-8-9)5-6-12(15-11)16-4/h5-8H,1-4H3. The molecule has 0 unspecified atom stereocenters. The molecule has 3 nitrogen and oxygen atoms in total. The molecule has 0 bridgehead atoms. The lowest BCUT2D eigenvalue weighted by Gasteiger charge is -2.18. The molecule has 3 heteroatoms. The number of hydrogen-bond donors (Lipinski definition) is 0. The summed E-state index contributed by atoms with van der Waals surface area (Å²) in [5.74, 6) is 0.625. The van der Waals surface area contributed by atoms with Gasteiger partial charge in [0.05, 0.1) is 18.1 Å². The Hall–Kier alpha value is -1.64. The van der Waals surface area contributed by atoms with Crippen molar-refractivity contribution in [3.63, 3.8) is 0 Å². The molecule has 0 atom stereocenters. The van der Waals surface area contributed by atoms with Gasteiger partial charge >= 0.3 is 0 Å². The lowest BCUT2D eigenvalue weighted by atomic mass is 9.88. The lowest BCUT2D eigenvalue weighted by molar-refractivity contribution is 0.399. The van der Waals surface area contributed by atoms with Crippen LogP contribution in [0.4, 0.5) is 0 Å². The normalized spacial score (nSPS) is 11.8. The van der Waals surface area contributed by atoms with E-state index < -0.39 is 0 Å². The zero-order chi connectivity index (χ0) is 11.8. The second kappa shape index (κ2) is 3.74. The second-order valence-electron chi connectivity index (χ2n) is 4.87. The SMILES string of the molecule is COc1ccc2ncc(C(C)(C)C)cc2n1. The maximum absolute atomic E-state index is 5.11. The molecular weight excluding hydrogens is 200 g/mol. The second-order valence-corrected chi connectivity index (χ2v) is 4.87. The molecule has 84 valence electrons. The average Bonchev–Trinajstić information content (AvgIpc) is 2.26. The van der Waals surface area contributed by atoms with Crippen LogP contribution >= 0.6 is 0 Å². The van der Waals surface area contributed by atoms with Gasteiger partial charge in [-0.3, -0.25) is 4.98 Å². The highest BCUT2D eigenvalue weighted by Gasteiger charge is 2.14. The highest BCUT2D eigenvalue weighted by molar-refractivity contribution is 5.75. The summed E-state index contributed by atoms with van der Waals surface area (Å²) >= 11 is 0. The molecule has 0 fully saturated rings. The summed E-state index contributed by atoms with van der Waals surface area (Å²) in [6, 6.07) is 5.82. The number of nitrogens with zero attached hydrogens (tertiary/aromatic N) is 2. The first-order chi connectivity index (χ1) is 7.50. The van der Waals surface area contributed by atoms with Gasteiger partial charge in [0.15, 0.2) is 0 Å². The van der Waals surface area contributed by atoms with Crippen LogP contribution in [0.1, 0.15) is 26.3 Å². The van der Waals surface area contributed by atoms with E-state index in [2.05, 4.69) is 36.8 Å². The van der Waals surface area contributed by atoms with Gasteiger partial charge in [0, 0.05) is 12.3 Å². The molecular formula is C13H16N2O. The van der Waals surface area contributed by atoms with E-state index in [1.807, 2.05) is 18.3 Å². The van der Waals surface area contributed by atoms with Gasteiger partial charge in [-0.1, -0.05) is 20.8 Å². The Morgan fingerprint density at radius 2 is 1.88 bits per heavy atom. The number of ether oxygens (including phenoxy) is 1. The molecule has 2 aromatic rings. The average molecular weight is 216 g/mol. The van der Waals surface area contributed by atoms with Crippen LogP contribution in [0.5, 0.6) is 5.88 Å². The topological polar surface area (TPSA) is 35.0 Å². The van der Waals surface area contributed by atoms with E-state index in [-0.39, 0.29) is 5.41 Å². The summed E-state index contributed by atoms with van der Waals surface area (Å²) in [6.45, 7) is 6.49. The third-order valence-corrected chi connectivity index (χ3v) is 2.59. The Morgan fingerprint density at radius 3 is 2.50 bits per heavy atom. The summed E-state index contributed by atoms with van der Waals surface area (Å²) in [7, 11) is 1.62. The van der Waals surface area contributed by atoms with Gasteiger partial charge in [0.25, 0.3) is 0 Å². The Bertz CT molecular complexity index is 515. The molecule has 0 radical (unpaired) electrons. The minimum atomic E-state index is 0.0892. The fourth-order valence-electron chi connectivity index (χ4n) is 1.51. The van der Waals surface area contributed by atoms with Gasteiger partial charge in [-0.25, -0.2) is 4.98 Å². The third kappa shape index (κ3) is 1.98. The lowest BCUT2D eigenvalue weighted by Crippen LogP contribution is -2.11. The van der Waals surface area contributed by atoms with E-state index in [1.54, 1.807) is 7.11 Å². The van der Waals surface area contributed by atoms with Gasteiger partial charge in [-0.2, -0.15) is 0 Å². The van der Waals surface area contributed by atoms with Crippen LogP contribution in [0, 0.1) is 0 Å². The van der Waals surface area contributed by atoms with Crippen LogP contribution in [-0.2, 0) is 5.41 Å². The quantitative estimate of drug-likeness (QED) is 0.735. The first kappa shape index (κ1) is 10.9. The molecule has 0 aliphatic rings. The molecule has 0 aliphatic carbocycles. The summed E-state index contributed by atoms with van der Waals surface area (Å²) in [6.07, 6.45) is 1.91. The minimum Gasteiger partial charge on any atom is -0.481 e. The molecule has 0 N–H and O–H groups in total. The number of fused-ring (bicyclic) bond motifs is 1. The Morgan fingerprint density at radius 1 is 1.12 bits per heavy atom. The molecule has 2 rings (SSSR count). The maximum atomic E-state index is 5.11. The van der Waals surface area contributed by atoms with E-state index in [9.17, 15) is 0 Å². The van der Waals surface area contributed by atoms with Crippen molar-refractivity contribution in [2.75, 3.05) is 7.11 Å². The summed E-state index contributed by atoms with van der Waals surface area (Å²) in [5.41, 5.74) is 3.05. The molecule has 0 saturated heterocycles. The molecule has 0 aromatic carbocycles. The Kier molecular flexibility index (Phi) is 2.54. The van der Waals surface area contributed by atoms with Crippen LogP contribution in [-0.4, -0.2) is 17.1 Å². The van der Waals surface area contributed by atoms with Crippen molar-refractivity contribution in [2.24, 2.45) is 0 Å². The van der Waals surface area contributed by atoms with E-state index in [4.69, 9.17) is 4.74 Å². The van der Waals surface area contributed by atoms with Crippen molar-refractivity contribution in [1.82, 2.24) is 9.97 Å². The van der Waals surface area contributed by atoms with Crippen LogP contribution in [0.25, 0.3) is 11.0 Å². The van der Waals surface area contributed by atoms with Gasteiger partial charge in [-0.05, 0) is 23.1 Å². The maximum Gasteiger partial charge on any atom is 0.213 e. The largest absolute Gasteiger partial charge is 0.481 e. The van der Waals surface area contributed by atoms with Crippen LogP contribution in [0.2, 0.25) is 0 Å². The van der Waals surface area contributed by atoms with Gasteiger partial charge in [-0.15, -0.1) is 0 Å². The smallest absolute Gasteiger partial charge is 0.213 e. The number of hydrogen-bond acceptors (Lipinski definition) is 3. The predicted octanol–water partition coefficient (Wildman–Crippen LogP) is 2.94.